The lowest BCUT2D eigenvalue weighted by Crippen LogP contribution is -2.24. The number of hydrogen-bond donors (Lipinski definition) is 2. The highest BCUT2D eigenvalue weighted by Crippen LogP contribution is 2.27. The Bertz CT molecular complexity index is 1310. The summed E-state index contributed by atoms with van der Waals surface area (Å²) < 4.78 is 57.5. The molecule has 0 aliphatic carbocycles. The Morgan fingerprint density at radius 2 is 1.85 bits per heavy atom. The van der Waals surface area contributed by atoms with E-state index >= 15 is 0 Å². The summed E-state index contributed by atoms with van der Waals surface area (Å²) in [4.78, 5) is 12.5. The van der Waals surface area contributed by atoms with Crippen molar-refractivity contribution in [1.29, 1.82) is 0 Å². The van der Waals surface area contributed by atoms with Crippen LogP contribution in [0, 0.1) is 11.6 Å². The molecule has 0 spiro atoms. The number of nitrogens with one attached hydrogen (secondary N) is 2. The number of sulfonamides is 1. The molecule has 0 atom stereocenters. The lowest BCUT2D eigenvalue weighted by molar-refractivity contribution is 0.102. The number of hydrogen-bond acceptors (Lipinski definition) is 5. The zero-order chi connectivity index (χ0) is 23.6. The van der Waals surface area contributed by atoms with Crippen LogP contribution in [0.1, 0.15) is 42.4 Å². The Labute approximate surface area is 190 Å². The molecule has 33 heavy (non-hydrogen) atoms. The topological polar surface area (TPSA) is 106 Å². The van der Waals surface area contributed by atoms with Gasteiger partial charge < -0.3 is 9.88 Å². The van der Waals surface area contributed by atoms with Crippen molar-refractivity contribution in [3.8, 4) is 11.4 Å². The van der Waals surface area contributed by atoms with Gasteiger partial charge >= 0.3 is 0 Å². The van der Waals surface area contributed by atoms with Crippen molar-refractivity contribution in [3.63, 3.8) is 0 Å². The van der Waals surface area contributed by atoms with Crippen LogP contribution in [0.2, 0.25) is 0 Å². The number of halogens is 2. The quantitative estimate of drug-likeness (QED) is 0.568. The number of fused-ring (bicyclic) bond motifs is 1. The Morgan fingerprint density at radius 1 is 1.06 bits per heavy atom. The fourth-order valence-corrected chi connectivity index (χ4v) is 4.83. The number of carbonyl (C=O) groups excluding carboxylic acids is 1. The van der Waals surface area contributed by atoms with Gasteiger partial charge in [-0.3, -0.25) is 4.79 Å². The molecule has 0 unspecified atom stereocenters. The van der Waals surface area contributed by atoms with Gasteiger partial charge in [0.2, 0.25) is 10.0 Å². The van der Waals surface area contributed by atoms with E-state index in [1.807, 2.05) is 4.57 Å². The van der Waals surface area contributed by atoms with E-state index in [0.717, 1.165) is 56.3 Å². The number of rotatable bonds is 6. The van der Waals surface area contributed by atoms with E-state index in [0.29, 0.717) is 11.4 Å². The Balaban J connectivity index is 1.64. The van der Waals surface area contributed by atoms with Crippen LogP contribution in [0.25, 0.3) is 11.4 Å². The fraction of sp³-hybridized carbons (Fsp3) is 0.318. The van der Waals surface area contributed by atoms with Crippen LogP contribution in [0.15, 0.2) is 41.3 Å². The van der Waals surface area contributed by atoms with Gasteiger partial charge in [0.15, 0.2) is 5.82 Å². The second-order valence-electron chi connectivity index (χ2n) is 7.69. The molecule has 11 heteroatoms. The molecule has 0 saturated carbocycles. The summed E-state index contributed by atoms with van der Waals surface area (Å²) in [6.07, 6.45) is 3.90. The van der Waals surface area contributed by atoms with Crippen LogP contribution in [0.3, 0.4) is 0 Å². The van der Waals surface area contributed by atoms with Gasteiger partial charge in [0.05, 0.1) is 16.1 Å². The number of anilines is 1. The first-order valence-electron chi connectivity index (χ1n) is 10.6. The second kappa shape index (κ2) is 9.36. The Morgan fingerprint density at radius 3 is 2.64 bits per heavy atom. The minimum absolute atomic E-state index is 0.131. The Hall–Kier alpha value is -3.18. The monoisotopic (exact) mass is 475 g/mol. The van der Waals surface area contributed by atoms with Crippen molar-refractivity contribution in [3.05, 3.63) is 59.4 Å². The normalized spacial score (nSPS) is 13.9. The molecule has 3 aromatic rings. The zero-order valence-electron chi connectivity index (χ0n) is 17.9. The predicted octanol–water partition coefficient (Wildman–Crippen LogP) is 3.50. The van der Waals surface area contributed by atoms with Crippen LogP contribution in [-0.4, -0.2) is 35.6 Å². The third kappa shape index (κ3) is 4.79. The van der Waals surface area contributed by atoms with Gasteiger partial charge in [0.1, 0.15) is 17.5 Å². The van der Waals surface area contributed by atoms with Crippen LogP contribution in [0.4, 0.5) is 14.5 Å². The summed E-state index contributed by atoms with van der Waals surface area (Å²) in [5.74, 6) is -1.20. The lowest BCUT2D eigenvalue weighted by Gasteiger charge is -2.12. The number of aryl methyl sites for hydroxylation is 1. The summed E-state index contributed by atoms with van der Waals surface area (Å²) in [6, 6.07) is 7.00. The third-order valence-electron chi connectivity index (χ3n) is 5.41. The maximum Gasteiger partial charge on any atom is 0.258 e. The summed E-state index contributed by atoms with van der Waals surface area (Å²) in [5.41, 5.74) is -0.144. The fourth-order valence-electron chi connectivity index (χ4n) is 3.77. The molecule has 174 valence electrons. The van der Waals surface area contributed by atoms with E-state index in [1.54, 1.807) is 6.92 Å². The van der Waals surface area contributed by atoms with Gasteiger partial charge in [-0.2, -0.15) is 0 Å². The molecule has 8 nitrogen and oxygen atoms in total. The van der Waals surface area contributed by atoms with Gasteiger partial charge in [0, 0.05) is 25.1 Å². The van der Waals surface area contributed by atoms with Crippen LogP contribution < -0.4 is 10.0 Å². The molecule has 1 aromatic heterocycles. The minimum atomic E-state index is -3.90. The molecule has 0 radical (unpaired) electrons. The third-order valence-corrected chi connectivity index (χ3v) is 6.95. The van der Waals surface area contributed by atoms with Crippen molar-refractivity contribution in [2.45, 2.75) is 44.0 Å². The molecule has 1 amide bonds. The van der Waals surface area contributed by atoms with E-state index in [-0.39, 0.29) is 17.1 Å². The Kier molecular flexibility index (Phi) is 6.52. The lowest BCUT2D eigenvalue weighted by atomic mass is 10.1. The van der Waals surface area contributed by atoms with Gasteiger partial charge in [0.25, 0.3) is 5.91 Å². The van der Waals surface area contributed by atoms with Crippen LogP contribution in [0.5, 0.6) is 0 Å². The van der Waals surface area contributed by atoms with E-state index in [4.69, 9.17) is 0 Å². The summed E-state index contributed by atoms with van der Waals surface area (Å²) in [5, 5.41) is 10.8. The van der Waals surface area contributed by atoms with Crippen molar-refractivity contribution >= 4 is 21.6 Å². The van der Waals surface area contributed by atoms with Crippen molar-refractivity contribution in [2.24, 2.45) is 0 Å². The number of aromatic nitrogens is 3. The average molecular weight is 476 g/mol. The first kappa shape index (κ1) is 23.0. The summed E-state index contributed by atoms with van der Waals surface area (Å²) >= 11 is 0. The molecule has 2 aromatic carbocycles. The molecule has 2 N–H and O–H groups in total. The number of nitrogens with zero attached hydrogens (tertiary/aromatic N) is 3. The van der Waals surface area contributed by atoms with E-state index in [9.17, 15) is 22.0 Å². The largest absolute Gasteiger partial charge is 0.319 e. The molecule has 1 aliphatic heterocycles. The van der Waals surface area contributed by atoms with E-state index in [2.05, 4.69) is 20.2 Å². The predicted molar refractivity (Wildman–Crippen MR) is 118 cm³/mol. The molecule has 0 saturated heterocycles. The van der Waals surface area contributed by atoms with Gasteiger partial charge in [-0.15, -0.1) is 10.2 Å². The van der Waals surface area contributed by atoms with Crippen LogP contribution in [-0.2, 0) is 23.0 Å². The maximum atomic E-state index is 14.5. The van der Waals surface area contributed by atoms with E-state index < -0.39 is 33.1 Å². The van der Waals surface area contributed by atoms with Crippen molar-refractivity contribution in [2.75, 3.05) is 11.9 Å². The van der Waals surface area contributed by atoms with Gasteiger partial charge in [-0.1, -0.05) is 13.3 Å². The maximum absolute atomic E-state index is 14.5. The van der Waals surface area contributed by atoms with Crippen molar-refractivity contribution in [1.82, 2.24) is 19.5 Å². The highest BCUT2D eigenvalue weighted by molar-refractivity contribution is 7.89. The summed E-state index contributed by atoms with van der Waals surface area (Å²) in [6.45, 7) is 2.47. The van der Waals surface area contributed by atoms with E-state index in [1.165, 1.54) is 18.2 Å². The first-order chi connectivity index (χ1) is 15.8. The molecular weight excluding hydrogens is 452 g/mol. The number of amides is 1. The standard InChI is InChI=1S/C22H23F2N5O3S/c1-2-25-33(31,32)15-8-10-17(23)16(13-15)22(30)26-19-12-14(7-9-18(19)24)21-28-27-20-6-4-3-5-11-29(20)21/h7-10,12-13,25H,2-6,11H2,1H3,(H,26,30). The average Bonchev–Trinajstić information content (AvgIpc) is 3.03. The molecule has 1 aliphatic rings. The molecular formula is C22H23F2N5O3S. The van der Waals surface area contributed by atoms with Gasteiger partial charge in [-0.05, 0) is 49.2 Å². The van der Waals surface area contributed by atoms with Crippen molar-refractivity contribution < 1.29 is 22.0 Å². The smallest absolute Gasteiger partial charge is 0.258 e. The minimum Gasteiger partial charge on any atom is -0.319 e. The summed E-state index contributed by atoms with van der Waals surface area (Å²) in [7, 11) is -3.90. The SMILES string of the molecule is CCNS(=O)(=O)c1ccc(F)c(C(=O)Nc2cc(-c3nnc4n3CCCCC4)ccc2F)c1. The highest BCUT2D eigenvalue weighted by atomic mass is 32.2. The number of carbonyl (C=O) groups is 1. The molecule has 0 bridgehead atoms. The van der Waals surface area contributed by atoms with Gasteiger partial charge in [-0.25, -0.2) is 21.9 Å². The molecule has 2 heterocycles. The van der Waals surface area contributed by atoms with Crippen LogP contribution >= 0.6 is 0 Å². The highest BCUT2D eigenvalue weighted by Gasteiger charge is 2.21. The number of benzene rings is 2. The second-order valence-corrected chi connectivity index (χ2v) is 9.46. The zero-order valence-corrected chi connectivity index (χ0v) is 18.8. The molecule has 4 rings (SSSR count). The molecule has 0 fully saturated rings. The first-order valence-corrected chi connectivity index (χ1v) is 12.1.